The highest BCUT2D eigenvalue weighted by Gasteiger charge is 2.52. The van der Waals surface area contributed by atoms with E-state index in [1.165, 1.54) is 12.1 Å². The van der Waals surface area contributed by atoms with Crippen molar-refractivity contribution in [1.82, 2.24) is 25.4 Å². The van der Waals surface area contributed by atoms with Crippen molar-refractivity contribution in [1.29, 1.82) is 0 Å². The molecule has 0 aliphatic carbocycles. The number of H-pyrrole nitrogens is 1. The number of carbonyl (C=O) groups is 4. The average molecular weight is 754 g/mol. The van der Waals surface area contributed by atoms with Crippen LogP contribution >= 0.6 is 0 Å². The molecule has 0 radical (unpaired) electrons. The zero-order valence-electron chi connectivity index (χ0n) is 31.7. The lowest BCUT2D eigenvalue weighted by molar-refractivity contribution is -0.146. The van der Waals surface area contributed by atoms with E-state index in [1.54, 1.807) is 48.2 Å². The molecular formula is C42H48FN5O7. The topological polar surface area (TPSA) is 142 Å². The first-order valence-electron chi connectivity index (χ1n) is 18.4. The van der Waals surface area contributed by atoms with Gasteiger partial charge in [-0.05, 0) is 75.6 Å². The number of hydrogen-bond donors (Lipinski definition) is 3. The smallest absolute Gasteiger partial charge is 0.410 e. The van der Waals surface area contributed by atoms with Crippen molar-refractivity contribution in [3.8, 4) is 0 Å². The number of amides is 3. The van der Waals surface area contributed by atoms with Gasteiger partial charge in [0.05, 0.1) is 36.4 Å². The second-order valence-electron chi connectivity index (χ2n) is 15.0. The molecule has 2 aliphatic rings. The Morgan fingerprint density at radius 1 is 0.927 bits per heavy atom. The maximum absolute atomic E-state index is 14.8. The van der Waals surface area contributed by atoms with Gasteiger partial charge in [0.2, 0.25) is 5.91 Å². The Labute approximate surface area is 320 Å². The first-order chi connectivity index (χ1) is 26.3. The number of fused-ring (bicyclic) bond motifs is 2. The van der Waals surface area contributed by atoms with E-state index in [0.29, 0.717) is 5.52 Å². The lowest BCUT2D eigenvalue weighted by Gasteiger charge is -2.36. The fourth-order valence-corrected chi connectivity index (χ4v) is 7.21. The van der Waals surface area contributed by atoms with Crippen LogP contribution in [0.3, 0.4) is 0 Å². The van der Waals surface area contributed by atoms with Crippen LogP contribution in [0.4, 0.5) is 9.18 Å². The van der Waals surface area contributed by atoms with E-state index in [4.69, 9.17) is 14.2 Å². The van der Waals surface area contributed by atoms with Gasteiger partial charge in [0.1, 0.15) is 25.1 Å². The zero-order valence-corrected chi connectivity index (χ0v) is 31.7. The fraction of sp³-hybridized carbons (Fsp3) is 0.381. The van der Waals surface area contributed by atoms with Crippen molar-refractivity contribution in [3.63, 3.8) is 0 Å². The fourth-order valence-electron chi connectivity index (χ4n) is 7.21. The number of nitrogens with one attached hydrogen (secondary N) is 3. The molecule has 6 atom stereocenters. The molecule has 3 amide bonds. The lowest BCUT2D eigenvalue weighted by atomic mass is 9.90. The van der Waals surface area contributed by atoms with Crippen LogP contribution in [0.5, 0.6) is 0 Å². The molecule has 290 valence electrons. The van der Waals surface area contributed by atoms with Crippen LogP contribution in [-0.2, 0) is 41.8 Å². The Morgan fingerprint density at radius 3 is 2.24 bits per heavy atom. The quantitative estimate of drug-likeness (QED) is 0.151. The summed E-state index contributed by atoms with van der Waals surface area (Å²) in [7, 11) is 0. The highest BCUT2D eigenvalue weighted by molar-refractivity contribution is 5.92. The summed E-state index contributed by atoms with van der Waals surface area (Å²) in [6.07, 6.45) is 3.90. The number of likely N-dealkylation sites (tertiary alicyclic amines) is 1. The average Bonchev–Trinajstić information content (AvgIpc) is 3.88. The van der Waals surface area contributed by atoms with Crippen molar-refractivity contribution >= 4 is 34.8 Å². The summed E-state index contributed by atoms with van der Waals surface area (Å²) < 4.78 is 31.5. The molecule has 2 aliphatic heterocycles. The van der Waals surface area contributed by atoms with Crippen LogP contribution in [-0.4, -0.2) is 87.6 Å². The van der Waals surface area contributed by atoms with Gasteiger partial charge < -0.3 is 29.4 Å². The maximum atomic E-state index is 14.8. The van der Waals surface area contributed by atoms with Crippen LogP contribution in [0.15, 0.2) is 97.3 Å². The predicted octanol–water partition coefficient (Wildman–Crippen LogP) is 5.55. The van der Waals surface area contributed by atoms with E-state index in [1.807, 2.05) is 81.4 Å². The van der Waals surface area contributed by atoms with Crippen molar-refractivity contribution in [3.05, 3.63) is 120 Å². The number of aromatic amines is 1. The first kappa shape index (κ1) is 39.2. The van der Waals surface area contributed by atoms with Crippen molar-refractivity contribution in [2.24, 2.45) is 0 Å². The van der Waals surface area contributed by atoms with Gasteiger partial charge in [0.15, 0.2) is 0 Å². The molecule has 12 nitrogen and oxygen atoms in total. The molecule has 0 spiro atoms. The van der Waals surface area contributed by atoms with Gasteiger partial charge in [-0.15, -0.1) is 0 Å². The third kappa shape index (κ3) is 9.41. The summed E-state index contributed by atoms with van der Waals surface area (Å²) in [4.78, 5) is 60.9. The van der Waals surface area contributed by atoms with Crippen molar-refractivity contribution in [2.45, 2.75) is 89.6 Å². The molecule has 3 heterocycles. The van der Waals surface area contributed by atoms with E-state index in [2.05, 4.69) is 15.6 Å². The molecule has 1 saturated heterocycles. The van der Waals surface area contributed by atoms with Gasteiger partial charge in [-0.25, -0.2) is 9.18 Å². The highest BCUT2D eigenvalue weighted by Crippen LogP contribution is 2.43. The number of hydrogen-bond acceptors (Lipinski definition) is 8. The number of esters is 1. The van der Waals surface area contributed by atoms with Crippen LogP contribution in [0.1, 0.15) is 57.2 Å². The minimum absolute atomic E-state index is 0.0731. The molecule has 4 aromatic rings. The number of aromatic nitrogens is 1. The molecule has 1 aromatic heterocycles. The summed E-state index contributed by atoms with van der Waals surface area (Å²) in [6, 6.07) is 19.9. The second-order valence-corrected chi connectivity index (χ2v) is 15.0. The number of rotatable bonds is 13. The Morgan fingerprint density at radius 2 is 1.58 bits per heavy atom. The number of benzene rings is 3. The zero-order chi connectivity index (χ0) is 39.3. The summed E-state index contributed by atoms with van der Waals surface area (Å²) in [5.74, 6) is -2.31. The van der Waals surface area contributed by atoms with Gasteiger partial charge >= 0.3 is 12.1 Å². The van der Waals surface area contributed by atoms with Crippen molar-refractivity contribution in [2.75, 3.05) is 13.1 Å². The Bertz CT molecular complexity index is 2010. The largest absolute Gasteiger partial charge is 0.460 e. The van der Waals surface area contributed by atoms with Gasteiger partial charge in [-0.2, -0.15) is 0 Å². The highest BCUT2D eigenvalue weighted by atomic mass is 19.1. The molecule has 3 N–H and O–H groups in total. The molecule has 1 fully saturated rings. The van der Waals surface area contributed by atoms with Crippen LogP contribution in [0.25, 0.3) is 10.9 Å². The van der Waals surface area contributed by atoms with Crippen LogP contribution < -0.4 is 10.6 Å². The van der Waals surface area contributed by atoms with E-state index in [-0.39, 0.29) is 26.3 Å². The molecule has 0 saturated carbocycles. The minimum Gasteiger partial charge on any atom is -0.460 e. The number of halogens is 1. The van der Waals surface area contributed by atoms with Gasteiger partial charge in [0.25, 0.3) is 5.91 Å². The molecule has 3 aromatic carbocycles. The van der Waals surface area contributed by atoms with E-state index in [0.717, 1.165) is 22.1 Å². The molecule has 0 bridgehead atoms. The molecule has 6 unspecified atom stereocenters. The number of ether oxygens (including phenoxy) is 3. The standard InChI is InChI=1S/C42H48FN5O7/c1-26(44-22-36(49)53-24-28-12-8-6-9-13-28)39(50)46-37(27(2)55-42(3,4)5)40(51)47-19-18-35-38(47)33(32-21-45-34-20-30(43)16-17-31(32)34)23-48(35)41(52)54-25-29-14-10-7-11-15-29/h6-21,26-27,33,35,37-38,44-45H,22-25H2,1-5H3,(H,46,50). The number of nitrogens with zero attached hydrogens (tertiary/aromatic N) is 2. The predicted molar refractivity (Wildman–Crippen MR) is 204 cm³/mol. The number of carbonyl (C=O) groups excluding carboxylic acids is 4. The van der Waals surface area contributed by atoms with E-state index < -0.39 is 71.5 Å². The van der Waals surface area contributed by atoms with Crippen LogP contribution in [0.2, 0.25) is 0 Å². The van der Waals surface area contributed by atoms with Gasteiger partial charge in [0, 0.05) is 35.8 Å². The molecule has 55 heavy (non-hydrogen) atoms. The Balaban J connectivity index is 1.21. The molecule has 6 rings (SSSR count). The van der Waals surface area contributed by atoms with Crippen LogP contribution in [0, 0.1) is 5.82 Å². The van der Waals surface area contributed by atoms with E-state index in [9.17, 15) is 23.6 Å². The summed E-state index contributed by atoms with van der Waals surface area (Å²) in [6.45, 7) is 9.05. The second kappa shape index (κ2) is 16.9. The third-order valence-corrected chi connectivity index (χ3v) is 9.81. The summed E-state index contributed by atoms with van der Waals surface area (Å²) >= 11 is 0. The molecular weight excluding hydrogens is 705 g/mol. The summed E-state index contributed by atoms with van der Waals surface area (Å²) in [5, 5.41) is 6.53. The minimum atomic E-state index is -1.15. The summed E-state index contributed by atoms with van der Waals surface area (Å²) in [5.41, 5.74) is 2.40. The van der Waals surface area contributed by atoms with Gasteiger partial charge in [-0.1, -0.05) is 60.7 Å². The van der Waals surface area contributed by atoms with Gasteiger partial charge in [-0.3, -0.25) is 24.6 Å². The van der Waals surface area contributed by atoms with Crippen molar-refractivity contribution < 1.29 is 37.8 Å². The maximum Gasteiger partial charge on any atom is 0.410 e. The lowest BCUT2D eigenvalue weighted by Crippen LogP contribution is -2.59. The Kier molecular flexibility index (Phi) is 12.0. The monoisotopic (exact) mass is 753 g/mol. The molecule has 13 heteroatoms. The third-order valence-electron chi connectivity index (χ3n) is 9.81. The first-order valence-corrected chi connectivity index (χ1v) is 18.4. The van der Waals surface area contributed by atoms with E-state index >= 15 is 0 Å². The SMILES string of the molecule is CC(NCC(=O)OCc1ccccc1)C(=O)NC(C(=O)N1C=CC2C1C(c1c[nH]c3cc(F)ccc13)CN2C(=O)OCc1ccccc1)C(C)OC(C)(C)C. The normalized spacial score (nSPS) is 19.5. The Hall–Kier alpha value is -5.53.